The van der Waals surface area contributed by atoms with Crippen molar-refractivity contribution in [3.63, 3.8) is 0 Å². The van der Waals surface area contributed by atoms with Gasteiger partial charge in [0.1, 0.15) is 18.2 Å². The third kappa shape index (κ3) is 3.88. The molecule has 1 N–H and O–H groups in total. The van der Waals surface area contributed by atoms with Gasteiger partial charge in [0.05, 0.1) is 17.5 Å². The first-order chi connectivity index (χ1) is 13.6. The molecule has 0 radical (unpaired) electrons. The highest BCUT2D eigenvalue weighted by Crippen LogP contribution is 2.19. The summed E-state index contributed by atoms with van der Waals surface area (Å²) in [4.78, 5) is 31.6. The Labute approximate surface area is 162 Å². The molecule has 1 aliphatic heterocycles. The average molecular weight is 380 g/mol. The zero-order chi connectivity index (χ0) is 19.5. The van der Waals surface area contributed by atoms with Gasteiger partial charge in [-0.05, 0) is 43.2 Å². The molecule has 1 fully saturated rings. The fourth-order valence-electron chi connectivity index (χ4n) is 3.56. The molecule has 0 bridgehead atoms. The van der Waals surface area contributed by atoms with Gasteiger partial charge in [-0.25, -0.2) is 9.37 Å². The van der Waals surface area contributed by atoms with E-state index in [1.165, 1.54) is 18.2 Å². The summed E-state index contributed by atoms with van der Waals surface area (Å²) in [6.45, 7) is 1.55. The molecule has 0 saturated carbocycles. The predicted octanol–water partition coefficient (Wildman–Crippen LogP) is 2.98. The van der Waals surface area contributed by atoms with Gasteiger partial charge in [0, 0.05) is 18.8 Å². The van der Waals surface area contributed by atoms with E-state index in [2.05, 4.69) is 10.3 Å². The Morgan fingerprint density at radius 2 is 1.86 bits per heavy atom. The Balaban J connectivity index is 1.57. The van der Waals surface area contributed by atoms with Crippen molar-refractivity contribution in [2.75, 3.05) is 18.4 Å². The van der Waals surface area contributed by atoms with Crippen molar-refractivity contribution in [1.29, 1.82) is 0 Å². The SMILES string of the molecule is O=C(Cn1c(CC(=O)N2CCCC2)nc2ccccc21)Nc1cccc(F)c1. The van der Waals surface area contributed by atoms with Crippen LogP contribution in [0, 0.1) is 5.82 Å². The van der Waals surface area contributed by atoms with Crippen LogP contribution in [0.5, 0.6) is 0 Å². The van der Waals surface area contributed by atoms with E-state index >= 15 is 0 Å². The van der Waals surface area contributed by atoms with Crippen LogP contribution in [0.25, 0.3) is 11.0 Å². The molecule has 0 spiro atoms. The van der Waals surface area contributed by atoms with Gasteiger partial charge in [-0.1, -0.05) is 18.2 Å². The lowest BCUT2D eigenvalue weighted by molar-refractivity contribution is -0.129. The van der Waals surface area contributed by atoms with E-state index in [9.17, 15) is 14.0 Å². The maximum atomic E-state index is 13.3. The number of fused-ring (bicyclic) bond motifs is 1. The number of benzene rings is 2. The van der Waals surface area contributed by atoms with E-state index in [0.717, 1.165) is 37.0 Å². The lowest BCUT2D eigenvalue weighted by Gasteiger charge is -2.15. The van der Waals surface area contributed by atoms with Crippen molar-refractivity contribution in [2.24, 2.45) is 0 Å². The third-order valence-electron chi connectivity index (χ3n) is 4.91. The molecule has 2 amide bonds. The van der Waals surface area contributed by atoms with Gasteiger partial charge >= 0.3 is 0 Å². The third-order valence-corrected chi connectivity index (χ3v) is 4.91. The van der Waals surface area contributed by atoms with E-state index in [-0.39, 0.29) is 24.8 Å². The minimum Gasteiger partial charge on any atom is -0.342 e. The minimum absolute atomic E-state index is 0.000357. The van der Waals surface area contributed by atoms with E-state index in [4.69, 9.17) is 0 Å². The van der Waals surface area contributed by atoms with Crippen LogP contribution < -0.4 is 5.32 Å². The Morgan fingerprint density at radius 3 is 2.64 bits per heavy atom. The summed E-state index contributed by atoms with van der Waals surface area (Å²) in [5, 5.41) is 2.70. The number of nitrogens with one attached hydrogen (secondary N) is 1. The highest BCUT2D eigenvalue weighted by Gasteiger charge is 2.22. The van der Waals surface area contributed by atoms with Gasteiger partial charge in [-0.3, -0.25) is 9.59 Å². The lowest BCUT2D eigenvalue weighted by Crippen LogP contribution is -2.30. The number of anilines is 1. The highest BCUT2D eigenvalue weighted by atomic mass is 19.1. The molecular formula is C21H21FN4O2. The van der Waals surface area contributed by atoms with Gasteiger partial charge in [-0.15, -0.1) is 0 Å². The quantitative estimate of drug-likeness (QED) is 0.740. The minimum atomic E-state index is -0.414. The summed E-state index contributed by atoms with van der Waals surface area (Å²) >= 11 is 0. The summed E-state index contributed by atoms with van der Waals surface area (Å²) in [5.41, 5.74) is 1.93. The molecule has 144 valence electrons. The maximum Gasteiger partial charge on any atom is 0.244 e. The van der Waals surface area contributed by atoms with Crippen LogP contribution in [0.15, 0.2) is 48.5 Å². The summed E-state index contributed by atoms with van der Waals surface area (Å²) in [6.07, 6.45) is 2.21. The topological polar surface area (TPSA) is 67.2 Å². The lowest BCUT2D eigenvalue weighted by atomic mass is 10.3. The molecule has 3 aromatic rings. The molecule has 1 aromatic heterocycles. The molecule has 7 heteroatoms. The second kappa shape index (κ2) is 7.80. The fraction of sp³-hybridized carbons (Fsp3) is 0.286. The van der Waals surface area contributed by atoms with Crippen LogP contribution >= 0.6 is 0 Å². The van der Waals surface area contributed by atoms with E-state index < -0.39 is 5.82 Å². The summed E-state index contributed by atoms with van der Waals surface area (Å²) in [5.74, 6) is -0.126. The van der Waals surface area contributed by atoms with Gasteiger partial charge in [0.25, 0.3) is 0 Å². The number of likely N-dealkylation sites (tertiary alicyclic amines) is 1. The molecule has 0 atom stereocenters. The molecule has 2 heterocycles. The number of rotatable bonds is 5. The number of hydrogen-bond acceptors (Lipinski definition) is 3. The van der Waals surface area contributed by atoms with Crippen LogP contribution in [-0.2, 0) is 22.6 Å². The number of nitrogens with zero attached hydrogens (tertiary/aromatic N) is 3. The summed E-state index contributed by atoms with van der Waals surface area (Å²) in [7, 11) is 0. The Bertz CT molecular complexity index is 1020. The molecule has 0 unspecified atom stereocenters. The van der Waals surface area contributed by atoms with Crippen molar-refractivity contribution in [1.82, 2.24) is 14.5 Å². The maximum absolute atomic E-state index is 13.3. The molecule has 1 saturated heterocycles. The van der Waals surface area contributed by atoms with Crippen LogP contribution in [0.3, 0.4) is 0 Å². The van der Waals surface area contributed by atoms with E-state index in [1.54, 1.807) is 10.6 Å². The smallest absolute Gasteiger partial charge is 0.244 e. The van der Waals surface area contributed by atoms with Gasteiger partial charge in [-0.2, -0.15) is 0 Å². The molecule has 6 nitrogen and oxygen atoms in total. The molecule has 0 aliphatic carbocycles. The fourth-order valence-corrected chi connectivity index (χ4v) is 3.56. The first-order valence-corrected chi connectivity index (χ1v) is 9.37. The first kappa shape index (κ1) is 18.2. The van der Waals surface area contributed by atoms with Crippen LogP contribution in [0.1, 0.15) is 18.7 Å². The normalized spacial score (nSPS) is 13.8. The second-order valence-corrected chi connectivity index (χ2v) is 6.93. The molecule has 28 heavy (non-hydrogen) atoms. The Hall–Kier alpha value is -3.22. The Kier molecular flexibility index (Phi) is 5.06. The van der Waals surface area contributed by atoms with Crippen LogP contribution in [0.2, 0.25) is 0 Å². The highest BCUT2D eigenvalue weighted by molar-refractivity contribution is 5.92. The Morgan fingerprint density at radius 1 is 1.07 bits per heavy atom. The van der Waals surface area contributed by atoms with Crippen LogP contribution in [-0.4, -0.2) is 39.4 Å². The van der Waals surface area contributed by atoms with E-state index in [0.29, 0.717) is 11.5 Å². The van der Waals surface area contributed by atoms with Gasteiger partial charge < -0.3 is 14.8 Å². The van der Waals surface area contributed by atoms with Crippen molar-refractivity contribution in [3.8, 4) is 0 Å². The number of aromatic nitrogens is 2. The number of hydrogen-bond donors (Lipinski definition) is 1. The molecule has 2 aromatic carbocycles. The van der Waals surface area contributed by atoms with Crippen molar-refractivity contribution >= 4 is 28.5 Å². The first-order valence-electron chi connectivity index (χ1n) is 9.37. The largest absolute Gasteiger partial charge is 0.342 e. The van der Waals surface area contributed by atoms with Crippen molar-refractivity contribution in [2.45, 2.75) is 25.8 Å². The molecule has 4 rings (SSSR count). The number of halogens is 1. The summed E-state index contributed by atoms with van der Waals surface area (Å²) < 4.78 is 15.1. The standard InChI is InChI=1S/C21H21FN4O2/c22-15-6-5-7-16(12-15)23-20(27)14-26-18-9-2-1-8-17(18)24-19(26)13-21(28)25-10-3-4-11-25/h1-2,5-9,12H,3-4,10-11,13-14H2,(H,23,27). The number of para-hydroxylation sites is 2. The predicted molar refractivity (Wildman–Crippen MR) is 104 cm³/mol. The molecule has 1 aliphatic rings. The van der Waals surface area contributed by atoms with Gasteiger partial charge in [0.15, 0.2) is 0 Å². The van der Waals surface area contributed by atoms with Crippen LogP contribution in [0.4, 0.5) is 10.1 Å². The number of carbonyl (C=O) groups is 2. The average Bonchev–Trinajstić information content (AvgIpc) is 3.31. The van der Waals surface area contributed by atoms with E-state index in [1.807, 2.05) is 29.2 Å². The molecular weight excluding hydrogens is 359 g/mol. The monoisotopic (exact) mass is 380 g/mol. The van der Waals surface area contributed by atoms with Gasteiger partial charge in [0.2, 0.25) is 11.8 Å². The van der Waals surface area contributed by atoms with Crippen molar-refractivity contribution < 1.29 is 14.0 Å². The number of amides is 2. The number of imidazole rings is 1. The zero-order valence-corrected chi connectivity index (χ0v) is 15.4. The zero-order valence-electron chi connectivity index (χ0n) is 15.4. The summed E-state index contributed by atoms with van der Waals surface area (Å²) in [6, 6.07) is 13.2. The number of carbonyl (C=O) groups excluding carboxylic acids is 2. The van der Waals surface area contributed by atoms with Crippen molar-refractivity contribution in [3.05, 3.63) is 60.2 Å². The second-order valence-electron chi connectivity index (χ2n) is 6.93.